The van der Waals surface area contributed by atoms with E-state index < -0.39 is 11.0 Å². The number of aliphatic hydroxyl groups excluding tert-OH is 1. The van der Waals surface area contributed by atoms with Crippen LogP contribution >= 0.6 is 0 Å². The SMILES string of the molecule is O=[N+]([O-])c1ccc([C@H](O)c2ccccn2)cc1. The normalized spacial score (nSPS) is 12.1. The number of aliphatic hydroxyl groups is 1. The lowest BCUT2D eigenvalue weighted by molar-refractivity contribution is -0.384. The van der Waals surface area contributed by atoms with Gasteiger partial charge in [-0.1, -0.05) is 6.07 Å². The molecule has 0 fully saturated rings. The third-order valence-electron chi connectivity index (χ3n) is 2.39. The number of pyridine rings is 1. The Morgan fingerprint density at radius 1 is 1.18 bits per heavy atom. The number of benzene rings is 1. The van der Waals surface area contributed by atoms with Gasteiger partial charge >= 0.3 is 0 Å². The minimum atomic E-state index is -0.864. The van der Waals surface area contributed by atoms with Gasteiger partial charge in [-0.2, -0.15) is 0 Å². The third-order valence-corrected chi connectivity index (χ3v) is 2.39. The minimum Gasteiger partial charge on any atom is -0.382 e. The number of nitro groups is 1. The van der Waals surface area contributed by atoms with Crippen LogP contribution in [0, 0.1) is 10.1 Å². The van der Waals surface area contributed by atoms with Crippen LogP contribution < -0.4 is 0 Å². The van der Waals surface area contributed by atoms with E-state index in [1.54, 1.807) is 24.4 Å². The molecular weight excluding hydrogens is 220 g/mol. The maximum atomic E-state index is 10.5. The Kier molecular flexibility index (Phi) is 3.11. The van der Waals surface area contributed by atoms with Crippen molar-refractivity contribution in [1.82, 2.24) is 4.98 Å². The Balaban J connectivity index is 2.26. The Morgan fingerprint density at radius 3 is 2.41 bits per heavy atom. The molecule has 1 N–H and O–H groups in total. The van der Waals surface area contributed by atoms with Crippen LogP contribution in [0.2, 0.25) is 0 Å². The maximum absolute atomic E-state index is 10.5. The van der Waals surface area contributed by atoms with E-state index in [1.807, 2.05) is 0 Å². The summed E-state index contributed by atoms with van der Waals surface area (Å²) in [5, 5.41) is 20.5. The molecule has 1 heterocycles. The van der Waals surface area contributed by atoms with Gasteiger partial charge in [-0.3, -0.25) is 15.1 Å². The van der Waals surface area contributed by atoms with Crippen LogP contribution in [0.5, 0.6) is 0 Å². The molecular formula is C12H10N2O3. The molecule has 1 atom stereocenters. The molecule has 2 rings (SSSR count). The summed E-state index contributed by atoms with van der Waals surface area (Å²) in [7, 11) is 0. The van der Waals surface area contributed by atoms with Gasteiger partial charge in [0.15, 0.2) is 0 Å². The highest BCUT2D eigenvalue weighted by molar-refractivity contribution is 5.35. The predicted molar refractivity (Wildman–Crippen MR) is 61.4 cm³/mol. The highest BCUT2D eigenvalue weighted by Gasteiger charge is 2.12. The van der Waals surface area contributed by atoms with Crippen LogP contribution in [0.15, 0.2) is 48.7 Å². The molecule has 1 aromatic carbocycles. The number of hydrogen-bond donors (Lipinski definition) is 1. The zero-order valence-electron chi connectivity index (χ0n) is 8.85. The first-order valence-electron chi connectivity index (χ1n) is 5.02. The molecule has 0 aliphatic heterocycles. The second kappa shape index (κ2) is 4.71. The molecule has 0 amide bonds. The molecule has 86 valence electrons. The molecule has 0 aliphatic rings. The van der Waals surface area contributed by atoms with Crippen molar-refractivity contribution in [3.8, 4) is 0 Å². The second-order valence-corrected chi connectivity index (χ2v) is 3.51. The van der Waals surface area contributed by atoms with Crippen molar-refractivity contribution < 1.29 is 10.0 Å². The molecule has 0 bridgehead atoms. The molecule has 0 saturated carbocycles. The lowest BCUT2D eigenvalue weighted by Crippen LogP contribution is -2.01. The molecule has 1 aromatic heterocycles. The monoisotopic (exact) mass is 230 g/mol. The van der Waals surface area contributed by atoms with Crippen LogP contribution in [0.3, 0.4) is 0 Å². The Labute approximate surface area is 97.5 Å². The number of non-ortho nitro benzene ring substituents is 1. The number of nitrogens with zero attached hydrogens (tertiary/aromatic N) is 2. The first kappa shape index (κ1) is 11.2. The van der Waals surface area contributed by atoms with Gasteiger partial charge in [-0.25, -0.2) is 0 Å². The summed E-state index contributed by atoms with van der Waals surface area (Å²) >= 11 is 0. The third kappa shape index (κ3) is 2.46. The Morgan fingerprint density at radius 2 is 1.88 bits per heavy atom. The molecule has 0 radical (unpaired) electrons. The van der Waals surface area contributed by atoms with E-state index in [1.165, 1.54) is 24.3 Å². The molecule has 0 unspecified atom stereocenters. The van der Waals surface area contributed by atoms with E-state index in [9.17, 15) is 15.2 Å². The fraction of sp³-hybridized carbons (Fsp3) is 0.0833. The van der Waals surface area contributed by atoms with Gasteiger partial charge in [0.2, 0.25) is 0 Å². The van der Waals surface area contributed by atoms with E-state index >= 15 is 0 Å². The fourth-order valence-corrected chi connectivity index (χ4v) is 1.49. The van der Waals surface area contributed by atoms with Gasteiger partial charge in [-0.05, 0) is 29.8 Å². The predicted octanol–water partition coefficient (Wildman–Crippen LogP) is 2.07. The second-order valence-electron chi connectivity index (χ2n) is 3.51. The molecule has 0 aliphatic carbocycles. The largest absolute Gasteiger partial charge is 0.382 e. The zero-order valence-corrected chi connectivity index (χ0v) is 8.85. The summed E-state index contributed by atoms with van der Waals surface area (Å²) in [4.78, 5) is 14.0. The lowest BCUT2D eigenvalue weighted by atomic mass is 10.1. The molecule has 0 spiro atoms. The van der Waals surface area contributed by atoms with Crippen molar-refractivity contribution >= 4 is 5.69 Å². The number of nitro benzene ring substituents is 1. The van der Waals surface area contributed by atoms with E-state index in [0.29, 0.717) is 11.3 Å². The molecule has 17 heavy (non-hydrogen) atoms. The highest BCUT2D eigenvalue weighted by atomic mass is 16.6. The Hall–Kier alpha value is -2.27. The summed E-state index contributed by atoms with van der Waals surface area (Å²) in [6.45, 7) is 0. The van der Waals surface area contributed by atoms with Crippen LogP contribution in [-0.4, -0.2) is 15.0 Å². The van der Waals surface area contributed by atoms with Crippen molar-refractivity contribution in [3.63, 3.8) is 0 Å². The summed E-state index contributed by atoms with van der Waals surface area (Å²) < 4.78 is 0. The smallest absolute Gasteiger partial charge is 0.269 e. The Bertz CT molecular complexity index is 511. The van der Waals surface area contributed by atoms with Gasteiger partial charge in [0.05, 0.1) is 10.6 Å². The van der Waals surface area contributed by atoms with Gasteiger partial charge in [-0.15, -0.1) is 0 Å². The van der Waals surface area contributed by atoms with Gasteiger partial charge in [0.1, 0.15) is 6.10 Å². The molecule has 0 saturated heterocycles. The van der Waals surface area contributed by atoms with Crippen LogP contribution in [0.4, 0.5) is 5.69 Å². The molecule has 5 nitrogen and oxygen atoms in total. The first-order valence-corrected chi connectivity index (χ1v) is 5.02. The quantitative estimate of drug-likeness (QED) is 0.646. The van der Waals surface area contributed by atoms with E-state index in [4.69, 9.17) is 0 Å². The molecule has 5 heteroatoms. The van der Waals surface area contributed by atoms with Crippen LogP contribution in [-0.2, 0) is 0 Å². The summed E-state index contributed by atoms with van der Waals surface area (Å²) in [6, 6.07) is 11.0. The first-order chi connectivity index (χ1) is 8.18. The molecule has 2 aromatic rings. The summed E-state index contributed by atoms with van der Waals surface area (Å²) in [5.74, 6) is 0. The van der Waals surface area contributed by atoms with Crippen molar-refractivity contribution in [2.75, 3.05) is 0 Å². The summed E-state index contributed by atoms with van der Waals surface area (Å²) in [5.41, 5.74) is 1.10. The average molecular weight is 230 g/mol. The standard InChI is InChI=1S/C12H10N2O3/c15-12(11-3-1-2-8-13-11)9-4-6-10(7-5-9)14(16)17/h1-8,12,15H/t12-/m0/s1. The lowest BCUT2D eigenvalue weighted by Gasteiger charge is -2.09. The van der Waals surface area contributed by atoms with E-state index in [2.05, 4.69) is 4.98 Å². The average Bonchev–Trinajstić information content (AvgIpc) is 2.39. The van der Waals surface area contributed by atoms with E-state index in [0.717, 1.165) is 0 Å². The van der Waals surface area contributed by atoms with Gasteiger partial charge < -0.3 is 5.11 Å². The van der Waals surface area contributed by atoms with Crippen LogP contribution in [0.25, 0.3) is 0 Å². The maximum Gasteiger partial charge on any atom is 0.269 e. The van der Waals surface area contributed by atoms with Crippen molar-refractivity contribution in [2.45, 2.75) is 6.10 Å². The highest BCUT2D eigenvalue weighted by Crippen LogP contribution is 2.22. The van der Waals surface area contributed by atoms with Crippen LogP contribution in [0.1, 0.15) is 17.4 Å². The number of hydrogen-bond acceptors (Lipinski definition) is 4. The van der Waals surface area contributed by atoms with Crippen molar-refractivity contribution in [2.24, 2.45) is 0 Å². The minimum absolute atomic E-state index is 0.00182. The zero-order chi connectivity index (χ0) is 12.3. The number of aromatic nitrogens is 1. The summed E-state index contributed by atoms with van der Waals surface area (Å²) in [6.07, 6.45) is 0.723. The van der Waals surface area contributed by atoms with E-state index in [-0.39, 0.29) is 5.69 Å². The van der Waals surface area contributed by atoms with Crippen molar-refractivity contribution in [1.29, 1.82) is 0 Å². The number of rotatable bonds is 3. The topological polar surface area (TPSA) is 76.3 Å². The van der Waals surface area contributed by atoms with Gasteiger partial charge in [0.25, 0.3) is 5.69 Å². The van der Waals surface area contributed by atoms with Crippen molar-refractivity contribution in [3.05, 3.63) is 70.0 Å². The van der Waals surface area contributed by atoms with Gasteiger partial charge in [0, 0.05) is 18.3 Å². The fourth-order valence-electron chi connectivity index (χ4n) is 1.49.